The number of rotatable bonds is 3. The summed E-state index contributed by atoms with van der Waals surface area (Å²) in [5.74, 6) is 0.919. The summed E-state index contributed by atoms with van der Waals surface area (Å²) in [5.41, 5.74) is 2.54. The zero-order valence-electron chi connectivity index (χ0n) is 12.9. The molecular weight excluding hydrogens is 284 g/mol. The van der Waals surface area contributed by atoms with Crippen molar-refractivity contribution in [2.75, 3.05) is 14.2 Å². The van der Waals surface area contributed by atoms with Gasteiger partial charge in [-0.3, -0.25) is 4.90 Å². The van der Waals surface area contributed by atoms with Crippen LogP contribution in [0.25, 0.3) is 0 Å². The summed E-state index contributed by atoms with van der Waals surface area (Å²) in [4.78, 5) is 7.48. The van der Waals surface area contributed by atoms with E-state index in [1.807, 2.05) is 12.3 Å². The number of halogens is 1. The third-order valence-corrected chi connectivity index (χ3v) is 5.70. The smallest absolute Gasteiger partial charge is 0.106 e. The number of hydrogen-bond acceptors (Lipinski definition) is 3. The normalized spacial score (nSPS) is 32.8. The Morgan fingerprint density at radius 2 is 2.19 bits per heavy atom. The SMILES string of the molecule is CO/N=C/[C@H]1C2CC[C@H](C[C@@H]1c1ccc(Cl)c(C)c1)N2C. The van der Waals surface area contributed by atoms with Crippen LogP contribution in [0.3, 0.4) is 0 Å². The summed E-state index contributed by atoms with van der Waals surface area (Å²) in [6, 6.07) is 7.72. The fraction of sp³-hybridized carbons (Fsp3) is 0.588. The lowest BCUT2D eigenvalue weighted by molar-refractivity contribution is 0.131. The average molecular weight is 307 g/mol. The van der Waals surface area contributed by atoms with Crippen LogP contribution in [0.1, 0.15) is 36.3 Å². The first kappa shape index (κ1) is 14.9. The Hall–Kier alpha value is -1.06. The molecule has 0 aliphatic carbocycles. The molecule has 21 heavy (non-hydrogen) atoms. The van der Waals surface area contributed by atoms with Gasteiger partial charge in [0.1, 0.15) is 7.11 Å². The highest BCUT2D eigenvalue weighted by atomic mass is 35.5. The van der Waals surface area contributed by atoms with Crippen LogP contribution in [0.2, 0.25) is 5.02 Å². The maximum atomic E-state index is 6.18. The van der Waals surface area contributed by atoms with Gasteiger partial charge in [0.25, 0.3) is 0 Å². The minimum Gasteiger partial charge on any atom is -0.399 e. The number of oxime groups is 1. The zero-order valence-corrected chi connectivity index (χ0v) is 13.7. The highest BCUT2D eigenvalue weighted by Crippen LogP contribution is 2.45. The van der Waals surface area contributed by atoms with Gasteiger partial charge >= 0.3 is 0 Å². The van der Waals surface area contributed by atoms with E-state index in [0.29, 0.717) is 23.9 Å². The molecule has 0 aromatic heterocycles. The first-order valence-electron chi connectivity index (χ1n) is 7.66. The molecule has 0 amide bonds. The van der Waals surface area contributed by atoms with Crippen molar-refractivity contribution >= 4 is 17.8 Å². The predicted octanol–water partition coefficient (Wildman–Crippen LogP) is 3.85. The van der Waals surface area contributed by atoms with Gasteiger partial charge in [-0.2, -0.15) is 0 Å². The summed E-state index contributed by atoms with van der Waals surface area (Å²) >= 11 is 6.18. The molecule has 2 fully saturated rings. The van der Waals surface area contributed by atoms with E-state index in [4.69, 9.17) is 16.4 Å². The van der Waals surface area contributed by atoms with Crippen molar-refractivity contribution in [2.45, 2.75) is 44.2 Å². The van der Waals surface area contributed by atoms with Crippen LogP contribution in [0, 0.1) is 12.8 Å². The van der Waals surface area contributed by atoms with Gasteiger partial charge < -0.3 is 4.84 Å². The Morgan fingerprint density at radius 3 is 2.90 bits per heavy atom. The maximum absolute atomic E-state index is 6.18. The molecule has 1 aromatic rings. The van der Waals surface area contributed by atoms with Crippen LogP contribution in [0.4, 0.5) is 0 Å². The Kier molecular flexibility index (Phi) is 4.23. The fourth-order valence-corrected chi connectivity index (χ4v) is 4.22. The summed E-state index contributed by atoms with van der Waals surface area (Å²) < 4.78 is 0. The predicted molar refractivity (Wildman–Crippen MR) is 87.1 cm³/mol. The quantitative estimate of drug-likeness (QED) is 0.626. The van der Waals surface area contributed by atoms with E-state index < -0.39 is 0 Å². The summed E-state index contributed by atoms with van der Waals surface area (Å²) in [5, 5.41) is 4.93. The highest BCUT2D eigenvalue weighted by molar-refractivity contribution is 6.31. The summed E-state index contributed by atoms with van der Waals surface area (Å²) in [6.07, 6.45) is 5.75. The van der Waals surface area contributed by atoms with Gasteiger partial charge in [0.2, 0.25) is 0 Å². The van der Waals surface area contributed by atoms with Crippen molar-refractivity contribution in [1.29, 1.82) is 0 Å². The van der Waals surface area contributed by atoms with Crippen LogP contribution in [-0.2, 0) is 4.84 Å². The molecule has 1 aromatic carbocycles. The standard InChI is InChI=1S/C17H23ClN2O/c1-11-8-12(4-6-16(11)18)14-9-13-5-7-17(20(13)2)15(14)10-19-21-3/h4,6,8,10,13-15,17H,5,7,9H2,1-3H3/b19-10+/t13-,14-,15-,17?/m1/s1. The number of aryl methyl sites for hydroxylation is 1. The highest BCUT2D eigenvalue weighted by Gasteiger charge is 2.45. The first-order chi connectivity index (χ1) is 10.1. The number of hydrogen-bond donors (Lipinski definition) is 0. The molecule has 3 rings (SSSR count). The molecule has 2 saturated heterocycles. The Balaban J connectivity index is 1.94. The topological polar surface area (TPSA) is 24.8 Å². The van der Waals surface area contributed by atoms with Crippen LogP contribution in [0.15, 0.2) is 23.4 Å². The average Bonchev–Trinajstić information content (AvgIpc) is 2.72. The van der Waals surface area contributed by atoms with Crippen molar-refractivity contribution in [3.05, 3.63) is 34.3 Å². The van der Waals surface area contributed by atoms with Gasteiger partial charge in [-0.15, -0.1) is 0 Å². The van der Waals surface area contributed by atoms with Crippen LogP contribution >= 0.6 is 11.6 Å². The fourth-order valence-electron chi connectivity index (χ4n) is 4.10. The van der Waals surface area contributed by atoms with Crippen molar-refractivity contribution in [1.82, 2.24) is 4.90 Å². The van der Waals surface area contributed by atoms with E-state index >= 15 is 0 Å². The Labute approximate surface area is 131 Å². The molecule has 2 heterocycles. The molecule has 2 aliphatic rings. The minimum absolute atomic E-state index is 0.411. The molecule has 0 N–H and O–H groups in total. The lowest BCUT2D eigenvalue weighted by Gasteiger charge is -2.41. The molecule has 1 unspecified atom stereocenters. The maximum Gasteiger partial charge on any atom is 0.106 e. The third kappa shape index (κ3) is 2.69. The second kappa shape index (κ2) is 5.98. The van der Waals surface area contributed by atoms with Gasteiger partial charge in [0, 0.05) is 29.2 Å². The van der Waals surface area contributed by atoms with Crippen molar-refractivity contribution < 1.29 is 4.84 Å². The van der Waals surface area contributed by atoms with Gasteiger partial charge in [-0.05, 0) is 56.3 Å². The first-order valence-corrected chi connectivity index (χ1v) is 8.04. The van der Waals surface area contributed by atoms with E-state index in [1.54, 1.807) is 7.11 Å². The molecule has 0 radical (unpaired) electrons. The molecule has 2 aliphatic heterocycles. The monoisotopic (exact) mass is 306 g/mol. The molecule has 3 nitrogen and oxygen atoms in total. The Morgan fingerprint density at radius 1 is 1.38 bits per heavy atom. The number of benzene rings is 1. The lowest BCUT2D eigenvalue weighted by atomic mass is 9.76. The Bertz CT molecular complexity index is 546. The van der Waals surface area contributed by atoms with Gasteiger partial charge in [-0.25, -0.2) is 0 Å². The minimum atomic E-state index is 0.411. The van der Waals surface area contributed by atoms with E-state index in [2.05, 4.69) is 36.2 Å². The second-order valence-corrected chi connectivity index (χ2v) is 6.74. The zero-order chi connectivity index (χ0) is 15.0. The lowest BCUT2D eigenvalue weighted by Crippen LogP contribution is -2.46. The van der Waals surface area contributed by atoms with Crippen LogP contribution in [-0.4, -0.2) is 37.4 Å². The molecular formula is C17H23ClN2O. The molecule has 2 bridgehead atoms. The van der Waals surface area contributed by atoms with E-state index in [1.165, 1.54) is 24.8 Å². The molecule has 0 spiro atoms. The van der Waals surface area contributed by atoms with Crippen molar-refractivity contribution in [3.63, 3.8) is 0 Å². The van der Waals surface area contributed by atoms with Crippen LogP contribution < -0.4 is 0 Å². The molecule has 4 heteroatoms. The van der Waals surface area contributed by atoms with E-state index in [-0.39, 0.29) is 0 Å². The van der Waals surface area contributed by atoms with Crippen LogP contribution in [0.5, 0.6) is 0 Å². The van der Waals surface area contributed by atoms with Gasteiger partial charge in [0.05, 0.1) is 0 Å². The molecule has 114 valence electrons. The third-order valence-electron chi connectivity index (χ3n) is 5.28. The van der Waals surface area contributed by atoms with Gasteiger partial charge in [0.15, 0.2) is 0 Å². The molecule has 4 atom stereocenters. The summed E-state index contributed by atoms with van der Waals surface area (Å²) in [7, 11) is 3.86. The van der Waals surface area contributed by atoms with E-state index in [0.717, 1.165) is 10.6 Å². The largest absolute Gasteiger partial charge is 0.399 e. The number of nitrogens with zero attached hydrogens (tertiary/aromatic N) is 2. The van der Waals surface area contributed by atoms with E-state index in [9.17, 15) is 0 Å². The van der Waals surface area contributed by atoms with Crippen molar-refractivity contribution in [2.24, 2.45) is 11.1 Å². The summed E-state index contributed by atoms with van der Waals surface area (Å²) in [6.45, 7) is 2.08. The van der Waals surface area contributed by atoms with Crippen molar-refractivity contribution in [3.8, 4) is 0 Å². The van der Waals surface area contributed by atoms with Gasteiger partial charge in [-0.1, -0.05) is 28.9 Å². The number of fused-ring (bicyclic) bond motifs is 2. The molecule has 0 saturated carbocycles. The number of piperidine rings is 1. The second-order valence-electron chi connectivity index (χ2n) is 6.33.